The summed E-state index contributed by atoms with van der Waals surface area (Å²) in [5.41, 5.74) is 0.114. The number of fused-ring (bicyclic) bond motifs is 1. The molecule has 0 unspecified atom stereocenters. The highest BCUT2D eigenvalue weighted by Gasteiger charge is 2.51. The first-order valence-corrected chi connectivity index (χ1v) is 7.35. The first kappa shape index (κ1) is 13.1. The van der Waals surface area contributed by atoms with Gasteiger partial charge in [-0.25, -0.2) is 0 Å². The molecule has 2 fully saturated rings. The molecule has 6 heteroatoms. The van der Waals surface area contributed by atoms with Gasteiger partial charge in [0, 0.05) is 6.54 Å². The number of thiophene rings is 1. The highest BCUT2D eigenvalue weighted by atomic mass is 35.5. The summed E-state index contributed by atoms with van der Waals surface area (Å²) < 4.78 is 5.58. The summed E-state index contributed by atoms with van der Waals surface area (Å²) in [6.45, 7) is 2.08. The Morgan fingerprint density at radius 1 is 1.47 bits per heavy atom. The zero-order valence-corrected chi connectivity index (χ0v) is 12.1. The lowest BCUT2D eigenvalue weighted by Gasteiger charge is -2.22. The summed E-state index contributed by atoms with van der Waals surface area (Å²) in [5, 5.41) is 9.68. The van der Waals surface area contributed by atoms with E-state index in [2.05, 4.69) is 15.5 Å². The van der Waals surface area contributed by atoms with E-state index in [0.29, 0.717) is 5.92 Å². The molecule has 3 heterocycles. The van der Waals surface area contributed by atoms with E-state index in [1.165, 1.54) is 19.3 Å². The molecule has 1 aliphatic carbocycles. The highest BCUT2D eigenvalue weighted by Crippen LogP contribution is 2.47. The fourth-order valence-electron chi connectivity index (χ4n) is 3.43. The first-order chi connectivity index (χ1) is 8.88. The van der Waals surface area contributed by atoms with Gasteiger partial charge in [-0.3, -0.25) is 0 Å². The topological polar surface area (TPSA) is 51.0 Å². The predicted molar refractivity (Wildman–Crippen MR) is 76.7 cm³/mol. The second kappa shape index (κ2) is 4.89. The van der Waals surface area contributed by atoms with Crippen LogP contribution in [-0.2, 0) is 5.41 Å². The van der Waals surface area contributed by atoms with E-state index < -0.39 is 0 Å². The van der Waals surface area contributed by atoms with Crippen molar-refractivity contribution in [3.8, 4) is 10.7 Å². The monoisotopic (exact) mass is 297 g/mol. The van der Waals surface area contributed by atoms with Crippen LogP contribution in [0.1, 0.15) is 25.2 Å². The molecule has 1 N–H and O–H groups in total. The van der Waals surface area contributed by atoms with E-state index in [9.17, 15) is 0 Å². The van der Waals surface area contributed by atoms with E-state index in [1.54, 1.807) is 11.3 Å². The van der Waals surface area contributed by atoms with Gasteiger partial charge in [0.15, 0.2) is 0 Å². The van der Waals surface area contributed by atoms with Gasteiger partial charge in [-0.05, 0) is 36.8 Å². The van der Waals surface area contributed by atoms with Crippen LogP contribution in [0.25, 0.3) is 10.7 Å². The number of halogens is 1. The average Bonchev–Trinajstić information content (AvgIpc) is 3.13. The van der Waals surface area contributed by atoms with Crippen molar-refractivity contribution in [1.82, 2.24) is 15.5 Å². The Kier molecular flexibility index (Phi) is 3.37. The fourth-order valence-corrected chi connectivity index (χ4v) is 4.08. The van der Waals surface area contributed by atoms with Crippen LogP contribution in [0.2, 0.25) is 0 Å². The first-order valence-electron chi connectivity index (χ1n) is 6.47. The molecule has 2 aliphatic rings. The Hall–Kier alpha value is -0.910. The van der Waals surface area contributed by atoms with E-state index in [4.69, 9.17) is 4.52 Å². The van der Waals surface area contributed by atoms with Gasteiger partial charge in [0.1, 0.15) is 0 Å². The summed E-state index contributed by atoms with van der Waals surface area (Å²) in [5.74, 6) is 2.26. The van der Waals surface area contributed by atoms with Crippen molar-refractivity contribution in [2.24, 2.45) is 5.92 Å². The Morgan fingerprint density at radius 2 is 2.42 bits per heavy atom. The molecule has 4 rings (SSSR count). The van der Waals surface area contributed by atoms with Crippen molar-refractivity contribution in [3.05, 3.63) is 23.4 Å². The van der Waals surface area contributed by atoms with Crippen LogP contribution < -0.4 is 5.32 Å². The van der Waals surface area contributed by atoms with Crippen LogP contribution in [0.5, 0.6) is 0 Å². The van der Waals surface area contributed by atoms with Crippen molar-refractivity contribution in [1.29, 1.82) is 0 Å². The van der Waals surface area contributed by atoms with Crippen molar-refractivity contribution in [3.63, 3.8) is 0 Å². The van der Waals surface area contributed by atoms with Gasteiger partial charge >= 0.3 is 0 Å². The normalized spacial score (nSPS) is 29.2. The molecule has 2 aromatic heterocycles. The van der Waals surface area contributed by atoms with Crippen molar-refractivity contribution >= 4 is 23.7 Å². The largest absolute Gasteiger partial charge is 0.338 e. The number of rotatable bonds is 2. The van der Waals surface area contributed by atoms with Crippen LogP contribution in [-0.4, -0.2) is 23.2 Å². The van der Waals surface area contributed by atoms with Gasteiger partial charge in [-0.15, -0.1) is 23.7 Å². The summed E-state index contributed by atoms with van der Waals surface area (Å²) in [6, 6.07) is 4.06. The summed E-state index contributed by atoms with van der Waals surface area (Å²) in [7, 11) is 0. The molecule has 19 heavy (non-hydrogen) atoms. The minimum absolute atomic E-state index is 0. The minimum Gasteiger partial charge on any atom is -0.338 e. The van der Waals surface area contributed by atoms with Crippen LogP contribution >= 0.6 is 23.7 Å². The van der Waals surface area contributed by atoms with Crippen molar-refractivity contribution in [2.45, 2.75) is 24.7 Å². The summed E-state index contributed by atoms with van der Waals surface area (Å²) in [6.07, 6.45) is 3.74. The molecule has 2 aromatic rings. The molecule has 0 bridgehead atoms. The number of aromatic nitrogens is 2. The molecule has 0 amide bonds. The zero-order chi connectivity index (χ0) is 12.0. The predicted octanol–water partition coefficient (Wildman–Crippen LogP) is 2.86. The average molecular weight is 298 g/mol. The molecular weight excluding hydrogens is 282 g/mol. The quantitative estimate of drug-likeness (QED) is 0.926. The Morgan fingerprint density at radius 3 is 3.26 bits per heavy atom. The van der Waals surface area contributed by atoms with Crippen LogP contribution in [0.3, 0.4) is 0 Å². The standard InChI is InChI=1S/C13H15N3OS.ClH/c1-3-9-7-14-8-13(9,5-1)12-15-11(16-17-12)10-4-2-6-18-10;/h2,4,6,9,14H,1,3,5,7-8H2;1H/t9-,13-;/m1./s1. The second-order valence-electron chi connectivity index (χ2n) is 5.28. The van der Waals surface area contributed by atoms with E-state index in [-0.39, 0.29) is 17.8 Å². The molecule has 1 aliphatic heterocycles. The molecule has 0 spiro atoms. The maximum Gasteiger partial charge on any atom is 0.234 e. The molecule has 1 saturated heterocycles. The highest BCUT2D eigenvalue weighted by molar-refractivity contribution is 7.13. The fraction of sp³-hybridized carbons (Fsp3) is 0.538. The SMILES string of the molecule is Cl.c1csc(-c2noc([C@@]34CCC[C@@H]3CNC4)n2)c1. The maximum absolute atomic E-state index is 5.58. The molecule has 102 valence electrons. The Bertz CT molecular complexity index is 544. The molecule has 0 aromatic carbocycles. The lowest BCUT2D eigenvalue weighted by molar-refractivity contribution is 0.265. The Balaban J connectivity index is 0.00000110. The van der Waals surface area contributed by atoms with E-state index >= 15 is 0 Å². The lowest BCUT2D eigenvalue weighted by atomic mass is 9.80. The van der Waals surface area contributed by atoms with Crippen LogP contribution in [0.15, 0.2) is 22.0 Å². The third-order valence-corrected chi connectivity index (χ3v) is 5.25. The number of nitrogens with one attached hydrogen (secondary N) is 1. The molecule has 2 atom stereocenters. The smallest absolute Gasteiger partial charge is 0.234 e. The summed E-state index contributed by atoms with van der Waals surface area (Å²) >= 11 is 1.65. The van der Waals surface area contributed by atoms with Gasteiger partial charge in [0.2, 0.25) is 11.7 Å². The molecule has 0 radical (unpaired) electrons. The number of hydrogen-bond donors (Lipinski definition) is 1. The minimum atomic E-state index is 0. The molecule has 1 saturated carbocycles. The van der Waals surface area contributed by atoms with E-state index in [0.717, 1.165) is 29.7 Å². The third-order valence-electron chi connectivity index (χ3n) is 4.38. The van der Waals surface area contributed by atoms with Crippen LogP contribution in [0.4, 0.5) is 0 Å². The van der Waals surface area contributed by atoms with Gasteiger partial charge in [0.25, 0.3) is 0 Å². The zero-order valence-electron chi connectivity index (χ0n) is 10.5. The van der Waals surface area contributed by atoms with E-state index in [1.807, 2.05) is 17.5 Å². The number of nitrogens with zero attached hydrogens (tertiary/aromatic N) is 2. The van der Waals surface area contributed by atoms with Gasteiger partial charge in [-0.2, -0.15) is 4.98 Å². The Labute approximate surface area is 122 Å². The second-order valence-corrected chi connectivity index (χ2v) is 6.22. The molecular formula is C13H16ClN3OS. The maximum atomic E-state index is 5.58. The van der Waals surface area contributed by atoms with Gasteiger partial charge in [0.05, 0.1) is 10.3 Å². The van der Waals surface area contributed by atoms with Crippen molar-refractivity contribution in [2.75, 3.05) is 13.1 Å². The van der Waals surface area contributed by atoms with Crippen molar-refractivity contribution < 1.29 is 4.52 Å². The number of hydrogen-bond acceptors (Lipinski definition) is 5. The lowest BCUT2D eigenvalue weighted by Crippen LogP contribution is -2.31. The molecule has 4 nitrogen and oxygen atoms in total. The summed E-state index contributed by atoms with van der Waals surface area (Å²) in [4.78, 5) is 5.75. The van der Waals surface area contributed by atoms with Gasteiger partial charge < -0.3 is 9.84 Å². The van der Waals surface area contributed by atoms with Gasteiger partial charge in [-0.1, -0.05) is 17.6 Å². The van der Waals surface area contributed by atoms with Crippen LogP contribution in [0, 0.1) is 5.92 Å². The third kappa shape index (κ3) is 1.91.